The lowest BCUT2D eigenvalue weighted by molar-refractivity contribution is -0.132. The van der Waals surface area contributed by atoms with Gasteiger partial charge in [-0.05, 0) is 43.5 Å². The molecule has 3 aliphatic heterocycles. The van der Waals surface area contributed by atoms with Gasteiger partial charge in [-0.25, -0.2) is 0 Å². The van der Waals surface area contributed by atoms with Crippen LogP contribution in [0.3, 0.4) is 0 Å². The summed E-state index contributed by atoms with van der Waals surface area (Å²) in [7, 11) is 0. The molecule has 2 amide bonds. The molecule has 1 aromatic rings. The van der Waals surface area contributed by atoms with Crippen LogP contribution in [0, 0.1) is 11.3 Å². The average molecular weight is 426 g/mol. The van der Waals surface area contributed by atoms with Crippen LogP contribution in [0.1, 0.15) is 26.2 Å². The summed E-state index contributed by atoms with van der Waals surface area (Å²) in [4.78, 5) is 32.1. The Hall–Kier alpha value is -2.79. The second-order valence-corrected chi connectivity index (χ2v) is 8.62. The van der Waals surface area contributed by atoms with Crippen molar-refractivity contribution in [3.63, 3.8) is 0 Å². The Kier molecular flexibility index (Phi) is 6.62. The first-order valence-electron chi connectivity index (χ1n) is 11.2. The van der Waals surface area contributed by atoms with Gasteiger partial charge >= 0.3 is 0 Å². The van der Waals surface area contributed by atoms with Gasteiger partial charge in [0.1, 0.15) is 17.9 Å². The minimum Gasteiger partial charge on any atom is -0.489 e. The van der Waals surface area contributed by atoms with Gasteiger partial charge in [0.15, 0.2) is 0 Å². The number of anilines is 1. The molecule has 3 heterocycles. The minimum atomic E-state index is -0.258. The topological polar surface area (TPSA) is 80.1 Å². The van der Waals surface area contributed by atoms with Crippen molar-refractivity contribution < 1.29 is 14.3 Å². The second kappa shape index (κ2) is 9.56. The van der Waals surface area contributed by atoms with Crippen LogP contribution in [0.25, 0.3) is 0 Å². The van der Waals surface area contributed by atoms with Crippen LogP contribution in [0.4, 0.5) is 5.69 Å². The van der Waals surface area contributed by atoms with E-state index in [4.69, 9.17) is 4.74 Å². The molecule has 8 nitrogen and oxygen atoms in total. The number of hydrogen-bond acceptors (Lipinski definition) is 6. The zero-order chi connectivity index (χ0) is 21.8. The fraction of sp³-hybridized carbons (Fsp3) is 0.609. The van der Waals surface area contributed by atoms with E-state index in [1.54, 1.807) is 11.8 Å². The van der Waals surface area contributed by atoms with Gasteiger partial charge < -0.3 is 19.4 Å². The predicted octanol–water partition coefficient (Wildman–Crippen LogP) is 1.32. The number of amides is 2. The van der Waals surface area contributed by atoms with Gasteiger partial charge in [-0.15, -0.1) is 0 Å². The molecule has 3 fully saturated rings. The number of carbonyl (C=O) groups excluding carboxylic acids is 2. The van der Waals surface area contributed by atoms with Crippen molar-refractivity contribution in [2.24, 2.45) is 0 Å². The summed E-state index contributed by atoms with van der Waals surface area (Å²) in [5, 5.41) is 9.19. The van der Waals surface area contributed by atoms with Crippen molar-refractivity contribution in [1.29, 1.82) is 5.26 Å². The number of hydrogen-bond donors (Lipinski definition) is 0. The molecule has 2 atom stereocenters. The Morgan fingerprint density at radius 1 is 1.06 bits per heavy atom. The number of rotatable bonds is 5. The number of nitrogens with zero attached hydrogens (tertiary/aromatic N) is 5. The summed E-state index contributed by atoms with van der Waals surface area (Å²) in [6, 6.07) is 10.1. The highest BCUT2D eigenvalue weighted by Gasteiger charge is 2.32. The molecular formula is C23H31N5O3. The summed E-state index contributed by atoms with van der Waals surface area (Å²) < 4.78 is 6.16. The van der Waals surface area contributed by atoms with E-state index in [2.05, 4.69) is 28.0 Å². The first-order valence-corrected chi connectivity index (χ1v) is 11.2. The van der Waals surface area contributed by atoms with Crippen molar-refractivity contribution in [3.05, 3.63) is 24.3 Å². The maximum Gasteiger partial charge on any atom is 0.237 e. The van der Waals surface area contributed by atoms with Gasteiger partial charge in [0.25, 0.3) is 0 Å². The molecule has 3 aliphatic rings. The Morgan fingerprint density at radius 2 is 1.81 bits per heavy atom. The zero-order valence-corrected chi connectivity index (χ0v) is 18.2. The molecule has 31 heavy (non-hydrogen) atoms. The fourth-order valence-corrected chi connectivity index (χ4v) is 4.73. The smallest absolute Gasteiger partial charge is 0.237 e. The monoisotopic (exact) mass is 425 g/mol. The van der Waals surface area contributed by atoms with Gasteiger partial charge in [0.2, 0.25) is 11.8 Å². The number of carbonyl (C=O) groups is 2. The van der Waals surface area contributed by atoms with E-state index in [1.165, 1.54) is 0 Å². The molecule has 0 spiro atoms. The number of piperazine rings is 1. The van der Waals surface area contributed by atoms with Crippen LogP contribution in [0.15, 0.2) is 24.3 Å². The largest absolute Gasteiger partial charge is 0.489 e. The van der Waals surface area contributed by atoms with Crippen LogP contribution >= 0.6 is 0 Å². The third-order valence-electron chi connectivity index (χ3n) is 6.54. The molecule has 4 rings (SSSR count). The molecule has 0 aromatic heterocycles. The summed E-state index contributed by atoms with van der Waals surface area (Å²) in [5.41, 5.74) is 1.15. The normalized spacial score (nSPS) is 24.3. The third-order valence-corrected chi connectivity index (χ3v) is 6.54. The van der Waals surface area contributed by atoms with Crippen molar-refractivity contribution in [1.82, 2.24) is 14.7 Å². The van der Waals surface area contributed by atoms with Crippen LogP contribution < -0.4 is 9.64 Å². The molecule has 2 unspecified atom stereocenters. The minimum absolute atomic E-state index is 0.0546. The van der Waals surface area contributed by atoms with E-state index in [1.807, 2.05) is 17.0 Å². The highest BCUT2D eigenvalue weighted by Crippen LogP contribution is 2.24. The van der Waals surface area contributed by atoms with Gasteiger partial charge in [-0.3, -0.25) is 14.5 Å². The van der Waals surface area contributed by atoms with Crippen molar-refractivity contribution in [2.75, 3.05) is 57.3 Å². The van der Waals surface area contributed by atoms with Crippen molar-refractivity contribution in [2.45, 2.75) is 38.3 Å². The predicted molar refractivity (Wildman–Crippen MR) is 117 cm³/mol. The van der Waals surface area contributed by atoms with E-state index in [9.17, 15) is 14.9 Å². The number of ether oxygens (including phenoxy) is 1. The second-order valence-electron chi connectivity index (χ2n) is 8.62. The van der Waals surface area contributed by atoms with Gasteiger partial charge in [-0.1, -0.05) is 0 Å². The Labute approximate surface area is 183 Å². The summed E-state index contributed by atoms with van der Waals surface area (Å²) in [6.07, 6.45) is 2.67. The summed E-state index contributed by atoms with van der Waals surface area (Å²) in [5.74, 6) is 1.04. The number of nitriles is 1. The van der Waals surface area contributed by atoms with Crippen LogP contribution in [-0.2, 0) is 9.59 Å². The standard InChI is InChI=1S/C23H31N5O3/c1-18(29)26-11-13-27(14-12-26)19-4-6-21(7-5-19)31-22-8-10-25(16-22)17-23(30)28-9-2-3-20(28)15-24/h4-7,20,22H,2-3,8-14,16-17H2,1H3. The lowest BCUT2D eigenvalue weighted by Gasteiger charge is -2.35. The van der Waals surface area contributed by atoms with Crippen LogP contribution in [-0.4, -0.2) is 91.0 Å². The summed E-state index contributed by atoms with van der Waals surface area (Å²) >= 11 is 0. The highest BCUT2D eigenvalue weighted by atomic mass is 16.5. The molecule has 0 bridgehead atoms. The zero-order valence-electron chi connectivity index (χ0n) is 18.2. The van der Waals surface area contributed by atoms with Gasteiger partial charge in [-0.2, -0.15) is 5.26 Å². The third kappa shape index (κ3) is 5.10. The Balaban J connectivity index is 1.24. The number of benzene rings is 1. The molecule has 1 aromatic carbocycles. The lowest BCUT2D eigenvalue weighted by Crippen LogP contribution is -2.48. The lowest BCUT2D eigenvalue weighted by atomic mass is 10.2. The molecule has 8 heteroatoms. The van der Waals surface area contributed by atoms with Crippen molar-refractivity contribution in [3.8, 4) is 11.8 Å². The number of likely N-dealkylation sites (tertiary alicyclic amines) is 2. The molecule has 0 N–H and O–H groups in total. The molecule has 166 valence electrons. The van der Waals surface area contributed by atoms with Gasteiger partial charge in [0, 0.05) is 58.4 Å². The van der Waals surface area contributed by atoms with E-state index in [-0.39, 0.29) is 24.0 Å². The van der Waals surface area contributed by atoms with Gasteiger partial charge in [0.05, 0.1) is 12.6 Å². The Bertz CT molecular complexity index is 829. The Morgan fingerprint density at radius 3 is 2.48 bits per heavy atom. The average Bonchev–Trinajstić information content (AvgIpc) is 3.43. The molecule has 0 aliphatic carbocycles. The molecule has 0 radical (unpaired) electrons. The quantitative estimate of drug-likeness (QED) is 0.708. The first kappa shape index (κ1) is 21.4. The summed E-state index contributed by atoms with van der Waals surface area (Å²) in [6.45, 7) is 7.45. The maximum atomic E-state index is 12.5. The van der Waals surface area contributed by atoms with Crippen LogP contribution in [0.2, 0.25) is 0 Å². The fourth-order valence-electron chi connectivity index (χ4n) is 4.73. The first-order chi connectivity index (χ1) is 15.0. The molecular weight excluding hydrogens is 394 g/mol. The highest BCUT2D eigenvalue weighted by molar-refractivity contribution is 5.79. The molecule has 3 saturated heterocycles. The van der Waals surface area contributed by atoms with Crippen molar-refractivity contribution >= 4 is 17.5 Å². The molecule has 0 saturated carbocycles. The van der Waals surface area contributed by atoms with E-state index >= 15 is 0 Å². The van der Waals surface area contributed by atoms with E-state index in [0.717, 1.165) is 70.0 Å². The van der Waals surface area contributed by atoms with Crippen LogP contribution in [0.5, 0.6) is 5.75 Å². The maximum absolute atomic E-state index is 12.5. The van der Waals surface area contributed by atoms with E-state index < -0.39 is 0 Å². The SMILES string of the molecule is CC(=O)N1CCN(c2ccc(OC3CCN(CC(=O)N4CCCC4C#N)C3)cc2)CC1. The van der Waals surface area contributed by atoms with E-state index in [0.29, 0.717) is 13.1 Å².